The van der Waals surface area contributed by atoms with Gasteiger partial charge in [-0.1, -0.05) is 25.1 Å². The molecule has 138 valence electrons. The van der Waals surface area contributed by atoms with Crippen LogP contribution in [0.1, 0.15) is 25.3 Å². The summed E-state index contributed by atoms with van der Waals surface area (Å²) in [6.45, 7) is 3.42. The average molecular weight is 350 g/mol. The molecule has 0 heterocycles. The minimum Gasteiger partial charge on any atom is -0.490 e. The average Bonchev–Trinajstić information content (AvgIpc) is 2.58. The monoisotopic (exact) mass is 350 g/mol. The Morgan fingerprint density at radius 3 is 2.76 bits per heavy atom. The van der Waals surface area contributed by atoms with E-state index in [1.54, 1.807) is 24.3 Å². The lowest BCUT2D eigenvalue weighted by Gasteiger charge is -2.14. The number of aliphatic hydroxyl groups is 1. The van der Waals surface area contributed by atoms with Crippen molar-refractivity contribution >= 4 is 18.0 Å². The van der Waals surface area contributed by atoms with Crippen molar-refractivity contribution in [2.45, 2.75) is 25.9 Å². The van der Waals surface area contributed by atoms with Crippen molar-refractivity contribution < 1.29 is 24.5 Å². The lowest BCUT2D eigenvalue weighted by atomic mass is 10.2. The van der Waals surface area contributed by atoms with E-state index in [2.05, 4.69) is 10.6 Å². The second-order valence-electron chi connectivity index (χ2n) is 5.48. The molecule has 1 amide bonds. The van der Waals surface area contributed by atoms with Gasteiger partial charge in [0.2, 0.25) is 5.91 Å². The molecular weight excluding hydrogens is 324 g/mol. The van der Waals surface area contributed by atoms with Crippen LogP contribution in [0.5, 0.6) is 5.75 Å². The zero-order valence-electron chi connectivity index (χ0n) is 14.4. The van der Waals surface area contributed by atoms with E-state index < -0.39 is 12.1 Å². The highest BCUT2D eigenvalue weighted by atomic mass is 16.5. The number of rotatable bonds is 12. The zero-order chi connectivity index (χ0) is 18.5. The molecule has 0 spiro atoms. The maximum absolute atomic E-state index is 11.3. The summed E-state index contributed by atoms with van der Waals surface area (Å²) in [5, 5.41) is 24.4. The number of carboxylic acids is 1. The van der Waals surface area contributed by atoms with Crippen LogP contribution in [0.15, 0.2) is 30.3 Å². The summed E-state index contributed by atoms with van der Waals surface area (Å²) in [7, 11) is 0. The fraction of sp³-hybridized carbons (Fsp3) is 0.444. The number of aliphatic carboxylic acids is 1. The molecule has 1 atom stereocenters. The molecule has 1 unspecified atom stereocenters. The summed E-state index contributed by atoms with van der Waals surface area (Å²) >= 11 is 0. The van der Waals surface area contributed by atoms with Crippen LogP contribution < -0.4 is 15.4 Å². The molecular formula is C18H26N2O5. The minimum absolute atomic E-state index is 0.0270. The predicted octanol–water partition coefficient (Wildman–Crippen LogP) is 1.03. The molecule has 1 aromatic rings. The predicted molar refractivity (Wildman–Crippen MR) is 95.4 cm³/mol. The molecule has 0 bridgehead atoms. The Balaban J connectivity index is 2.29. The zero-order valence-corrected chi connectivity index (χ0v) is 14.4. The van der Waals surface area contributed by atoms with Gasteiger partial charge in [0.1, 0.15) is 18.5 Å². The summed E-state index contributed by atoms with van der Waals surface area (Å²) in [6.07, 6.45) is 3.10. The van der Waals surface area contributed by atoms with Crippen LogP contribution in [-0.2, 0) is 9.59 Å². The molecule has 7 nitrogen and oxygen atoms in total. The molecule has 0 aliphatic rings. The molecule has 0 saturated heterocycles. The standard InChI is InChI=1S/C18H26N2O5/c1-2-5-17(22)20-11-10-19-12-15(21)13-25-16-7-4-3-6-14(16)8-9-18(23)24/h3-4,6-9,15,19,21H,2,5,10-13H2,1H3,(H,20,22)(H,23,24). The van der Waals surface area contributed by atoms with Crippen LogP contribution >= 0.6 is 0 Å². The number of aliphatic hydroxyl groups excluding tert-OH is 1. The third kappa shape index (κ3) is 9.49. The SMILES string of the molecule is CCCC(=O)NCCNCC(O)COc1ccccc1C=CC(=O)O. The first-order valence-electron chi connectivity index (χ1n) is 8.31. The largest absolute Gasteiger partial charge is 0.490 e. The summed E-state index contributed by atoms with van der Waals surface area (Å²) < 4.78 is 5.55. The molecule has 0 aromatic heterocycles. The first-order chi connectivity index (χ1) is 12.0. The van der Waals surface area contributed by atoms with Crippen molar-refractivity contribution in [3.8, 4) is 5.75 Å². The van der Waals surface area contributed by atoms with Gasteiger partial charge in [0, 0.05) is 37.7 Å². The summed E-state index contributed by atoms with van der Waals surface area (Å²) in [4.78, 5) is 21.9. The van der Waals surface area contributed by atoms with Gasteiger partial charge in [-0.15, -0.1) is 0 Å². The van der Waals surface area contributed by atoms with Gasteiger partial charge in [-0.25, -0.2) is 4.79 Å². The number of benzene rings is 1. The van der Waals surface area contributed by atoms with Crippen LogP contribution in [0.25, 0.3) is 6.08 Å². The van der Waals surface area contributed by atoms with E-state index in [1.165, 1.54) is 6.08 Å². The van der Waals surface area contributed by atoms with E-state index in [1.807, 2.05) is 6.92 Å². The normalized spacial score (nSPS) is 12.1. The van der Waals surface area contributed by atoms with Crippen molar-refractivity contribution in [2.24, 2.45) is 0 Å². The molecule has 25 heavy (non-hydrogen) atoms. The number of carbonyl (C=O) groups excluding carboxylic acids is 1. The van der Waals surface area contributed by atoms with E-state index >= 15 is 0 Å². The third-order valence-electron chi connectivity index (χ3n) is 3.24. The highest BCUT2D eigenvalue weighted by Crippen LogP contribution is 2.19. The molecule has 7 heteroatoms. The minimum atomic E-state index is -1.04. The van der Waals surface area contributed by atoms with Crippen molar-refractivity contribution in [3.63, 3.8) is 0 Å². The van der Waals surface area contributed by atoms with Gasteiger partial charge in [-0.05, 0) is 18.6 Å². The van der Waals surface area contributed by atoms with E-state index in [0.717, 1.165) is 12.5 Å². The van der Waals surface area contributed by atoms with Gasteiger partial charge < -0.3 is 25.6 Å². The fourth-order valence-corrected chi connectivity index (χ4v) is 2.03. The van der Waals surface area contributed by atoms with Crippen molar-refractivity contribution in [2.75, 3.05) is 26.2 Å². The smallest absolute Gasteiger partial charge is 0.328 e. The van der Waals surface area contributed by atoms with Crippen LogP contribution in [0.2, 0.25) is 0 Å². The second-order valence-corrected chi connectivity index (χ2v) is 5.48. The number of carboxylic acid groups (broad SMARTS) is 1. The number of nitrogens with one attached hydrogen (secondary N) is 2. The van der Waals surface area contributed by atoms with Gasteiger partial charge >= 0.3 is 5.97 Å². The topological polar surface area (TPSA) is 108 Å². The maximum Gasteiger partial charge on any atom is 0.328 e. The number of ether oxygens (including phenoxy) is 1. The molecule has 0 saturated carbocycles. The van der Waals surface area contributed by atoms with Gasteiger partial charge in [0.15, 0.2) is 0 Å². The van der Waals surface area contributed by atoms with E-state index in [4.69, 9.17) is 9.84 Å². The highest BCUT2D eigenvalue weighted by Gasteiger charge is 2.07. The van der Waals surface area contributed by atoms with Gasteiger partial charge in [-0.2, -0.15) is 0 Å². The lowest BCUT2D eigenvalue weighted by molar-refractivity contribution is -0.131. The van der Waals surface area contributed by atoms with E-state index in [0.29, 0.717) is 37.4 Å². The van der Waals surface area contributed by atoms with Crippen molar-refractivity contribution in [1.82, 2.24) is 10.6 Å². The number of amides is 1. The number of hydrogen-bond donors (Lipinski definition) is 4. The quantitative estimate of drug-likeness (QED) is 0.331. The van der Waals surface area contributed by atoms with Crippen LogP contribution in [0, 0.1) is 0 Å². The number of hydrogen-bond acceptors (Lipinski definition) is 5. The maximum atomic E-state index is 11.3. The van der Waals surface area contributed by atoms with Gasteiger partial charge in [-0.3, -0.25) is 4.79 Å². The Bertz CT molecular complexity index is 574. The number of para-hydroxylation sites is 1. The summed E-state index contributed by atoms with van der Waals surface area (Å²) in [5.41, 5.74) is 0.628. The molecule has 4 N–H and O–H groups in total. The van der Waals surface area contributed by atoms with Crippen LogP contribution in [0.4, 0.5) is 0 Å². The van der Waals surface area contributed by atoms with Crippen molar-refractivity contribution in [3.05, 3.63) is 35.9 Å². The van der Waals surface area contributed by atoms with Gasteiger partial charge in [0.25, 0.3) is 0 Å². The van der Waals surface area contributed by atoms with E-state index in [9.17, 15) is 14.7 Å². The second kappa shape index (κ2) is 12.0. The lowest BCUT2D eigenvalue weighted by Crippen LogP contribution is -2.37. The molecule has 0 aliphatic carbocycles. The Kier molecular flexibility index (Phi) is 9.96. The first-order valence-corrected chi connectivity index (χ1v) is 8.31. The van der Waals surface area contributed by atoms with Crippen LogP contribution in [-0.4, -0.2) is 54.4 Å². The first kappa shape index (κ1) is 20.7. The van der Waals surface area contributed by atoms with E-state index in [-0.39, 0.29) is 12.5 Å². The summed E-state index contributed by atoms with van der Waals surface area (Å²) in [6, 6.07) is 7.00. The van der Waals surface area contributed by atoms with Crippen LogP contribution in [0.3, 0.4) is 0 Å². The number of carbonyl (C=O) groups is 2. The molecule has 1 aromatic carbocycles. The molecule has 1 rings (SSSR count). The third-order valence-corrected chi connectivity index (χ3v) is 3.24. The molecule has 0 aliphatic heterocycles. The highest BCUT2D eigenvalue weighted by molar-refractivity contribution is 5.85. The Hall–Kier alpha value is -2.38. The Morgan fingerprint density at radius 1 is 1.28 bits per heavy atom. The molecule has 0 fully saturated rings. The Labute approximate surface area is 147 Å². The fourth-order valence-electron chi connectivity index (χ4n) is 2.03. The van der Waals surface area contributed by atoms with Crippen molar-refractivity contribution in [1.29, 1.82) is 0 Å². The van der Waals surface area contributed by atoms with Gasteiger partial charge in [0.05, 0.1) is 0 Å². The molecule has 0 radical (unpaired) electrons. The summed E-state index contributed by atoms with van der Waals surface area (Å²) in [5.74, 6) is -0.504. The Morgan fingerprint density at radius 2 is 2.04 bits per heavy atom.